The molecule has 1 saturated carbocycles. The molecule has 1 fully saturated rings. The fourth-order valence-corrected chi connectivity index (χ4v) is 2.73. The summed E-state index contributed by atoms with van der Waals surface area (Å²) < 4.78 is 1.60. The zero-order valence-electron chi connectivity index (χ0n) is 12.1. The van der Waals surface area contributed by atoms with Gasteiger partial charge in [0.05, 0.1) is 23.3 Å². The fourth-order valence-electron chi connectivity index (χ4n) is 2.73. The van der Waals surface area contributed by atoms with Crippen molar-refractivity contribution >= 4 is 11.6 Å². The van der Waals surface area contributed by atoms with E-state index in [4.69, 9.17) is 0 Å². The lowest BCUT2D eigenvalue weighted by Crippen LogP contribution is -2.45. The van der Waals surface area contributed by atoms with Crippen LogP contribution in [0.3, 0.4) is 0 Å². The largest absolute Gasteiger partial charge is 0.391 e. The maximum atomic E-state index is 12.3. The number of aryl methyl sites for hydroxylation is 1. The van der Waals surface area contributed by atoms with Crippen LogP contribution in [-0.4, -0.2) is 32.6 Å². The van der Waals surface area contributed by atoms with E-state index in [-0.39, 0.29) is 23.3 Å². The quantitative estimate of drug-likeness (QED) is 0.639. The van der Waals surface area contributed by atoms with Crippen LogP contribution in [-0.2, 0) is 6.54 Å². The maximum Gasteiger partial charge on any atom is 0.287 e. The summed E-state index contributed by atoms with van der Waals surface area (Å²) in [6, 6.07) is 1.02. The van der Waals surface area contributed by atoms with E-state index < -0.39 is 11.0 Å². The van der Waals surface area contributed by atoms with Crippen molar-refractivity contribution < 1.29 is 14.8 Å². The van der Waals surface area contributed by atoms with Gasteiger partial charge in [-0.2, -0.15) is 0 Å². The fraction of sp³-hybridized carbons (Fsp3) is 0.643. The molecule has 0 radical (unpaired) electrons. The topological polar surface area (TPSA) is 97.4 Å². The third kappa shape index (κ3) is 3.60. The van der Waals surface area contributed by atoms with Crippen molar-refractivity contribution in [2.75, 3.05) is 0 Å². The molecule has 1 aliphatic carbocycles. The van der Waals surface area contributed by atoms with E-state index in [0.29, 0.717) is 13.0 Å². The number of nitrogens with one attached hydrogen (secondary N) is 1. The molecule has 0 aliphatic heterocycles. The molecular weight excluding hydrogens is 274 g/mol. The first kappa shape index (κ1) is 15.5. The van der Waals surface area contributed by atoms with Gasteiger partial charge in [-0.25, -0.2) is 0 Å². The van der Waals surface area contributed by atoms with Crippen LogP contribution in [0.15, 0.2) is 12.3 Å². The number of carbonyl (C=O) groups is 1. The standard InChI is InChI=1S/C14H21N3O4/c1-2-7-16-9-10(17(20)21)8-12(16)14(19)15-11-5-3-4-6-13(11)18/h8-9,11,13,18H,2-7H2,1H3,(H,15,19)/t11-,13-/m1/s1. The van der Waals surface area contributed by atoms with Gasteiger partial charge in [0, 0.05) is 12.6 Å². The smallest absolute Gasteiger partial charge is 0.287 e. The van der Waals surface area contributed by atoms with E-state index in [1.165, 1.54) is 12.3 Å². The highest BCUT2D eigenvalue weighted by Crippen LogP contribution is 2.21. The molecule has 0 bridgehead atoms. The van der Waals surface area contributed by atoms with Crippen molar-refractivity contribution in [2.45, 2.75) is 57.7 Å². The Hall–Kier alpha value is -1.89. The van der Waals surface area contributed by atoms with Gasteiger partial charge in [-0.05, 0) is 19.3 Å². The zero-order chi connectivity index (χ0) is 15.4. The second kappa shape index (κ2) is 6.71. The maximum absolute atomic E-state index is 12.3. The highest BCUT2D eigenvalue weighted by Gasteiger charge is 2.27. The first-order valence-corrected chi connectivity index (χ1v) is 7.36. The summed E-state index contributed by atoms with van der Waals surface area (Å²) in [6.07, 6.45) is 4.98. The second-order valence-corrected chi connectivity index (χ2v) is 5.47. The minimum Gasteiger partial charge on any atom is -0.391 e. The Bertz CT molecular complexity index is 526. The second-order valence-electron chi connectivity index (χ2n) is 5.47. The van der Waals surface area contributed by atoms with Gasteiger partial charge >= 0.3 is 0 Å². The van der Waals surface area contributed by atoms with E-state index >= 15 is 0 Å². The number of aliphatic hydroxyl groups excluding tert-OH is 1. The molecule has 1 aromatic rings. The first-order valence-electron chi connectivity index (χ1n) is 7.36. The highest BCUT2D eigenvalue weighted by molar-refractivity contribution is 5.93. The van der Waals surface area contributed by atoms with Gasteiger partial charge in [-0.15, -0.1) is 0 Å². The Morgan fingerprint density at radius 3 is 2.86 bits per heavy atom. The molecular formula is C14H21N3O4. The molecule has 7 nitrogen and oxygen atoms in total. The molecule has 2 N–H and O–H groups in total. The van der Waals surface area contributed by atoms with Crippen LogP contribution in [0.4, 0.5) is 5.69 Å². The van der Waals surface area contributed by atoms with Crippen molar-refractivity contribution in [2.24, 2.45) is 0 Å². The number of rotatable bonds is 5. The molecule has 116 valence electrons. The Kier molecular flexibility index (Phi) is 4.95. The minimum absolute atomic E-state index is 0.0854. The first-order chi connectivity index (χ1) is 10.0. The van der Waals surface area contributed by atoms with E-state index in [1.807, 2.05) is 6.92 Å². The molecule has 0 unspecified atom stereocenters. The van der Waals surface area contributed by atoms with Gasteiger partial charge in [-0.3, -0.25) is 14.9 Å². The number of nitro groups is 1. The number of aliphatic hydroxyl groups is 1. The van der Waals surface area contributed by atoms with Gasteiger partial charge in [0.1, 0.15) is 5.69 Å². The molecule has 0 aromatic carbocycles. The van der Waals surface area contributed by atoms with E-state index in [0.717, 1.165) is 25.7 Å². The van der Waals surface area contributed by atoms with Crippen LogP contribution in [0, 0.1) is 10.1 Å². The van der Waals surface area contributed by atoms with Gasteiger partial charge < -0.3 is 15.0 Å². The van der Waals surface area contributed by atoms with Crippen molar-refractivity contribution in [3.05, 3.63) is 28.1 Å². The number of amides is 1. The Balaban J connectivity index is 2.15. The molecule has 0 spiro atoms. The van der Waals surface area contributed by atoms with Crippen molar-refractivity contribution in [3.8, 4) is 0 Å². The third-order valence-electron chi connectivity index (χ3n) is 3.84. The van der Waals surface area contributed by atoms with Crippen molar-refractivity contribution in [3.63, 3.8) is 0 Å². The average Bonchev–Trinajstić information content (AvgIpc) is 2.86. The van der Waals surface area contributed by atoms with Crippen molar-refractivity contribution in [1.82, 2.24) is 9.88 Å². The van der Waals surface area contributed by atoms with Crippen LogP contribution >= 0.6 is 0 Å². The highest BCUT2D eigenvalue weighted by atomic mass is 16.6. The summed E-state index contributed by atoms with van der Waals surface area (Å²) in [5, 5.41) is 23.6. The predicted octanol–water partition coefficient (Wildman–Crippen LogP) is 1.84. The van der Waals surface area contributed by atoms with Crippen LogP contribution in [0.2, 0.25) is 0 Å². The van der Waals surface area contributed by atoms with E-state index in [2.05, 4.69) is 5.32 Å². The number of hydrogen-bond donors (Lipinski definition) is 2. The van der Waals surface area contributed by atoms with Gasteiger partial charge in [0.2, 0.25) is 0 Å². The Morgan fingerprint density at radius 1 is 1.52 bits per heavy atom. The summed E-state index contributed by atoms with van der Waals surface area (Å²) in [6.45, 7) is 2.49. The molecule has 1 amide bonds. The monoisotopic (exact) mass is 295 g/mol. The molecule has 2 atom stereocenters. The number of hydrogen-bond acceptors (Lipinski definition) is 4. The SMILES string of the molecule is CCCn1cc([N+](=O)[O-])cc1C(=O)N[C@@H]1CCCC[C@H]1O. The van der Waals surface area contributed by atoms with Gasteiger partial charge in [0.25, 0.3) is 11.6 Å². The van der Waals surface area contributed by atoms with Crippen LogP contribution < -0.4 is 5.32 Å². The Morgan fingerprint density at radius 2 is 2.24 bits per heavy atom. The van der Waals surface area contributed by atoms with Gasteiger partial charge in [0.15, 0.2) is 0 Å². The van der Waals surface area contributed by atoms with Gasteiger partial charge in [-0.1, -0.05) is 19.8 Å². The molecule has 1 aliphatic rings. The van der Waals surface area contributed by atoms with Crippen LogP contribution in [0.25, 0.3) is 0 Å². The summed E-state index contributed by atoms with van der Waals surface area (Å²) in [7, 11) is 0. The minimum atomic E-state index is -0.535. The Labute approximate surface area is 123 Å². The van der Waals surface area contributed by atoms with E-state index in [1.54, 1.807) is 4.57 Å². The lowest BCUT2D eigenvalue weighted by Gasteiger charge is -2.28. The summed E-state index contributed by atoms with van der Waals surface area (Å²) in [5.41, 5.74) is 0.194. The normalized spacial score (nSPS) is 22.0. The predicted molar refractivity (Wildman–Crippen MR) is 77.1 cm³/mol. The van der Waals surface area contributed by atoms with Crippen LogP contribution in [0.5, 0.6) is 0 Å². The lowest BCUT2D eigenvalue weighted by atomic mass is 9.92. The summed E-state index contributed by atoms with van der Waals surface area (Å²) >= 11 is 0. The average molecular weight is 295 g/mol. The van der Waals surface area contributed by atoms with Crippen LogP contribution in [0.1, 0.15) is 49.5 Å². The lowest BCUT2D eigenvalue weighted by molar-refractivity contribution is -0.384. The summed E-state index contributed by atoms with van der Waals surface area (Å²) in [5.74, 6) is -0.359. The molecule has 1 heterocycles. The van der Waals surface area contributed by atoms with Crippen molar-refractivity contribution in [1.29, 1.82) is 0 Å². The molecule has 0 saturated heterocycles. The number of nitrogens with zero attached hydrogens (tertiary/aromatic N) is 2. The molecule has 7 heteroatoms. The molecule has 2 rings (SSSR count). The zero-order valence-corrected chi connectivity index (χ0v) is 12.1. The summed E-state index contributed by atoms with van der Waals surface area (Å²) in [4.78, 5) is 22.7. The molecule has 21 heavy (non-hydrogen) atoms. The number of aromatic nitrogens is 1. The molecule has 1 aromatic heterocycles. The third-order valence-corrected chi connectivity index (χ3v) is 3.84. The van der Waals surface area contributed by atoms with E-state index in [9.17, 15) is 20.0 Å². The number of carbonyl (C=O) groups excluding carboxylic acids is 1.